The van der Waals surface area contributed by atoms with Gasteiger partial charge in [0.2, 0.25) is 0 Å². The van der Waals surface area contributed by atoms with Gasteiger partial charge in [-0.05, 0) is 32.0 Å². The number of hydrogen-bond acceptors (Lipinski definition) is 3. The van der Waals surface area contributed by atoms with Crippen molar-refractivity contribution in [2.75, 3.05) is 13.6 Å². The van der Waals surface area contributed by atoms with E-state index in [0.717, 1.165) is 25.7 Å². The molecule has 0 saturated heterocycles. The maximum absolute atomic E-state index is 13.1. The van der Waals surface area contributed by atoms with Crippen LogP contribution >= 0.6 is 0 Å². The molecule has 1 aliphatic rings. The Bertz CT molecular complexity index is 450. The fourth-order valence-corrected chi connectivity index (χ4v) is 2.70. The second-order valence-electron chi connectivity index (χ2n) is 5.27. The number of rotatable bonds is 4. The van der Waals surface area contributed by atoms with E-state index in [-0.39, 0.29) is 24.5 Å². The third-order valence-electron chi connectivity index (χ3n) is 3.80. The Labute approximate surface area is 113 Å². The highest BCUT2D eigenvalue weighted by atomic mass is 19.1. The summed E-state index contributed by atoms with van der Waals surface area (Å²) in [5.74, 6) is -0.508. The Morgan fingerprint density at radius 3 is 2.84 bits per heavy atom. The number of halogens is 1. The maximum atomic E-state index is 13.1. The van der Waals surface area contributed by atoms with Crippen LogP contribution in [0.25, 0.3) is 0 Å². The van der Waals surface area contributed by atoms with Gasteiger partial charge in [-0.2, -0.15) is 0 Å². The van der Waals surface area contributed by atoms with Crippen LogP contribution in [0.1, 0.15) is 36.0 Å². The molecule has 1 saturated carbocycles. The van der Waals surface area contributed by atoms with Crippen LogP contribution in [0.3, 0.4) is 0 Å². The maximum Gasteiger partial charge on any atom is 0.176 e. The molecule has 0 heterocycles. The first-order valence-corrected chi connectivity index (χ1v) is 6.75. The third-order valence-corrected chi connectivity index (χ3v) is 3.80. The number of benzene rings is 1. The second-order valence-corrected chi connectivity index (χ2v) is 5.27. The van der Waals surface area contributed by atoms with Crippen LogP contribution in [0.2, 0.25) is 0 Å². The summed E-state index contributed by atoms with van der Waals surface area (Å²) >= 11 is 0. The van der Waals surface area contributed by atoms with E-state index in [4.69, 9.17) is 0 Å². The summed E-state index contributed by atoms with van der Waals surface area (Å²) in [7, 11) is 1.84. The van der Waals surface area contributed by atoms with E-state index in [1.54, 1.807) is 6.07 Å². The molecule has 1 N–H and O–H groups in total. The van der Waals surface area contributed by atoms with Crippen LogP contribution in [0.15, 0.2) is 24.3 Å². The van der Waals surface area contributed by atoms with E-state index >= 15 is 0 Å². The van der Waals surface area contributed by atoms with E-state index in [0.29, 0.717) is 5.56 Å². The minimum Gasteiger partial charge on any atom is -0.391 e. The number of likely N-dealkylation sites (N-methyl/N-ethyl adjacent to an activating group) is 1. The molecular formula is C15H20FNO2. The van der Waals surface area contributed by atoms with Crippen molar-refractivity contribution in [3.8, 4) is 0 Å². The fourth-order valence-electron chi connectivity index (χ4n) is 2.70. The highest BCUT2D eigenvalue weighted by molar-refractivity contribution is 5.97. The summed E-state index contributed by atoms with van der Waals surface area (Å²) in [5, 5.41) is 9.95. The standard InChI is InChI=1S/C15H20FNO2/c1-17(13-7-2-3-8-14(13)18)10-15(19)11-5-4-6-12(16)9-11/h4-6,9,13-14,18H,2-3,7-8,10H2,1H3. The summed E-state index contributed by atoms with van der Waals surface area (Å²) in [4.78, 5) is 14.0. The summed E-state index contributed by atoms with van der Waals surface area (Å²) < 4.78 is 13.1. The molecule has 0 aromatic heterocycles. The molecule has 0 amide bonds. The van der Waals surface area contributed by atoms with Gasteiger partial charge in [-0.25, -0.2) is 4.39 Å². The van der Waals surface area contributed by atoms with Crippen LogP contribution in [-0.4, -0.2) is 41.5 Å². The van der Waals surface area contributed by atoms with Gasteiger partial charge in [-0.1, -0.05) is 25.0 Å². The second kappa shape index (κ2) is 6.26. The van der Waals surface area contributed by atoms with Gasteiger partial charge in [0.15, 0.2) is 5.78 Å². The van der Waals surface area contributed by atoms with Crippen molar-refractivity contribution in [2.45, 2.75) is 37.8 Å². The molecule has 0 radical (unpaired) electrons. The molecule has 2 atom stereocenters. The molecule has 3 nitrogen and oxygen atoms in total. The predicted octanol–water partition coefficient (Wildman–Crippen LogP) is 2.24. The molecule has 0 spiro atoms. The van der Waals surface area contributed by atoms with Crippen LogP contribution in [0.4, 0.5) is 4.39 Å². The van der Waals surface area contributed by atoms with Crippen molar-refractivity contribution in [3.05, 3.63) is 35.6 Å². The highest BCUT2D eigenvalue weighted by Gasteiger charge is 2.27. The minimum absolute atomic E-state index is 0.0336. The molecule has 4 heteroatoms. The first-order valence-electron chi connectivity index (χ1n) is 6.75. The lowest BCUT2D eigenvalue weighted by Crippen LogP contribution is -2.45. The number of aliphatic hydroxyl groups excluding tert-OH is 1. The number of ketones is 1. The van der Waals surface area contributed by atoms with Crippen molar-refractivity contribution in [1.29, 1.82) is 0 Å². The van der Waals surface area contributed by atoms with Gasteiger partial charge in [-0.15, -0.1) is 0 Å². The summed E-state index contributed by atoms with van der Waals surface area (Å²) in [6.07, 6.45) is 3.47. The molecule has 0 bridgehead atoms. The number of Topliss-reactive ketones (excluding diaryl/α,β-unsaturated/α-hetero) is 1. The largest absolute Gasteiger partial charge is 0.391 e. The van der Waals surface area contributed by atoms with Crippen molar-refractivity contribution in [1.82, 2.24) is 4.90 Å². The molecule has 104 valence electrons. The number of nitrogens with zero attached hydrogens (tertiary/aromatic N) is 1. The van der Waals surface area contributed by atoms with Crippen molar-refractivity contribution in [3.63, 3.8) is 0 Å². The molecule has 1 fully saturated rings. The zero-order chi connectivity index (χ0) is 13.8. The minimum atomic E-state index is -0.397. The van der Waals surface area contributed by atoms with E-state index < -0.39 is 5.82 Å². The Morgan fingerprint density at radius 1 is 1.42 bits per heavy atom. The Kier molecular flexibility index (Phi) is 4.66. The molecule has 1 aliphatic carbocycles. The summed E-state index contributed by atoms with van der Waals surface area (Å²) in [5.41, 5.74) is 0.386. The topological polar surface area (TPSA) is 40.5 Å². The molecular weight excluding hydrogens is 245 g/mol. The quantitative estimate of drug-likeness (QED) is 0.849. The highest BCUT2D eigenvalue weighted by Crippen LogP contribution is 2.22. The zero-order valence-corrected chi connectivity index (χ0v) is 11.2. The Balaban J connectivity index is 1.98. The van der Waals surface area contributed by atoms with E-state index in [1.165, 1.54) is 18.2 Å². The smallest absolute Gasteiger partial charge is 0.176 e. The predicted molar refractivity (Wildman–Crippen MR) is 71.6 cm³/mol. The molecule has 19 heavy (non-hydrogen) atoms. The summed E-state index contributed by atoms with van der Waals surface area (Å²) in [6.45, 7) is 0.213. The molecule has 1 aromatic carbocycles. The molecule has 2 rings (SSSR count). The normalized spacial score (nSPS) is 23.6. The lowest BCUT2D eigenvalue weighted by atomic mass is 9.91. The van der Waals surface area contributed by atoms with Crippen molar-refractivity contribution < 1.29 is 14.3 Å². The van der Waals surface area contributed by atoms with Gasteiger partial charge >= 0.3 is 0 Å². The summed E-state index contributed by atoms with van der Waals surface area (Å²) in [6, 6.07) is 5.78. The monoisotopic (exact) mass is 265 g/mol. The number of carbonyl (C=O) groups is 1. The zero-order valence-electron chi connectivity index (χ0n) is 11.2. The third kappa shape index (κ3) is 3.61. The molecule has 0 aliphatic heterocycles. The Hall–Kier alpha value is -1.26. The number of aliphatic hydroxyl groups is 1. The fraction of sp³-hybridized carbons (Fsp3) is 0.533. The SMILES string of the molecule is CN(CC(=O)c1cccc(F)c1)C1CCCCC1O. The van der Waals surface area contributed by atoms with Gasteiger partial charge < -0.3 is 5.11 Å². The Morgan fingerprint density at radius 2 is 2.16 bits per heavy atom. The molecule has 2 unspecified atom stereocenters. The lowest BCUT2D eigenvalue weighted by molar-refractivity contribution is 0.0322. The van der Waals surface area contributed by atoms with Crippen LogP contribution in [0, 0.1) is 5.82 Å². The first-order chi connectivity index (χ1) is 9.08. The van der Waals surface area contributed by atoms with Crippen LogP contribution in [0.5, 0.6) is 0 Å². The average Bonchev–Trinajstić information content (AvgIpc) is 2.39. The number of hydrogen-bond donors (Lipinski definition) is 1. The van der Waals surface area contributed by atoms with Gasteiger partial charge in [0.25, 0.3) is 0 Å². The lowest BCUT2D eigenvalue weighted by Gasteiger charge is -2.34. The first kappa shape index (κ1) is 14.2. The van der Waals surface area contributed by atoms with E-state index in [2.05, 4.69) is 0 Å². The van der Waals surface area contributed by atoms with E-state index in [1.807, 2.05) is 11.9 Å². The van der Waals surface area contributed by atoms with E-state index in [9.17, 15) is 14.3 Å². The van der Waals surface area contributed by atoms with Gasteiger partial charge in [0.05, 0.1) is 12.6 Å². The molecule has 1 aromatic rings. The van der Waals surface area contributed by atoms with Gasteiger partial charge in [0.1, 0.15) is 5.82 Å². The van der Waals surface area contributed by atoms with Gasteiger partial charge in [0, 0.05) is 11.6 Å². The van der Waals surface area contributed by atoms with Crippen molar-refractivity contribution >= 4 is 5.78 Å². The van der Waals surface area contributed by atoms with Crippen LogP contribution in [-0.2, 0) is 0 Å². The van der Waals surface area contributed by atoms with Crippen molar-refractivity contribution in [2.24, 2.45) is 0 Å². The van der Waals surface area contributed by atoms with Crippen LogP contribution < -0.4 is 0 Å². The number of carbonyl (C=O) groups excluding carboxylic acids is 1. The average molecular weight is 265 g/mol. The van der Waals surface area contributed by atoms with Gasteiger partial charge in [-0.3, -0.25) is 9.69 Å².